The molecule has 18 heavy (non-hydrogen) atoms. The summed E-state index contributed by atoms with van der Waals surface area (Å²) < 4.78 is 5.15. The second-order valence-corrected chi connectivity index (χ2v) is 3.96. The lowest BCUT2D eigenvalue weighted by Crippen LogP contribution is -2.32. The van der Waals surface area contributed by atoms with Gasteiger partial charge in [-0.1, -0.05) is 0 Å². The van der Waals surface area contributed by atoms with Crippen molar-refractivity contribution in [3.05, 3.63) is 11.4 Å². The normalized spacial score (nSPS) is 31.7. The van der Waals surface area contributed by atoms with Crippen LogP contribution in [0, 0.1) is 0 Å². The van der Waals surface area contributed by atoms with E-state index in [4.69, 9.17) is 15.6 Å². The Labute approximate surface area is 101 Å². The van der Waals surface area contributed by atoms with Crippen LogP contribution in [-0.4, -0.2) is 61.4 Å². The highest BCUT2D eigenvalue weighted by Crippen LogP contribution is 2.37. The van der Waals surface area contributed by atoms with Crippen molar-refractivity contribution < 1.29 is 30.0 Å². The fourth-order valence-electron chi connectivity index (χ4n) is 1.85. The largest absolute Gasteiger partial charge is 0.504 e. The zero-order chi connectivity index (χ0) is 13.4. The first-order valence-electron chi connectivity index (χ1n) is 5.16. The molecule has 1 fully saturated rings. The zero-order valence-corrected chi connectivity index (χ0v) is 9.15. The summed E-state index contributed by atoms with van der Waals surface area (Å²) >= 11 is 0. The molecule has 0 aliphatic carbocycles. The number of aliphatic hydroxyl groups excluding tert-OH is 3. The molecule has 7 N–H and O–H groups in total. The van der Waals surface area contributed by atoms with Gasteiger partial charge in [-0.3, -0.25) is 9.89 Å². The number of aromatic nitrogens is 2. The predicted molar refractivity (Wildman–Crippen MR) is 55.5 cm³/mol. The Morgan fingerprint density at radius 2 is 2.11 bits per heavy atom. The van der Waals surface area contributed by atoms with Crippen molar-refractivity contribution in [2.24, 2.45) is 5.73 Å². The maximum atomic E-state index is 10.9. The Morgan fingerprint density at radius 1 is 1.44 bits per heavy atom. The van der Waals surface area contributed by atoms with E-state index in [0.717, 1.165) is 0 Å². The second-order valence-electron chi connectivity index (χ2n) is 3.96. The summed E-state index contributed by atoms with van der Waals surface area (Å²) in [6.07, 6.45) is -4.83. The van der Waals surface area contributed by atoms with E-state index in [1.807, 2.05) is 0 Å². The highest BCUT2D eigenvalue weighted by atomic mass is 16.6. The number of carbonyl (C=O) groups is 1. The van der Waals surface area contributed by atoms with Crippen molar-refractivity contribution >= 4 is 5.91 Å². The summed E-state index contributed by atoms with van der Waals surface area (Å²) in [6.45, 7) is -0.497. The van der Waals surface area contributed by atoms with Gasteiger partial charge in [0, 0.05) is 0 Å². The zero-order valence-electron chi connectivity index (χ0n) is 9.15. The summed E-state index contributed by atoms with van der Waals surface area (Å²) in [6, 6.07) is 0. The fourth-order valence-corrected chi connectivity index (χ4v) is 1.85. The van der Waals surface area contributed by atoms with Crippen LogP contribution in [-0.2, 0) is 4.74 Å². The van der Waals surface area contributed by atoms with Gasteiger partial charge in [-0.15, -0.1) is 0 Å². The van der Waals surface area contributed by atoms with Crippen molar-refractivity contribution in [1.82, 2.24) is 10.2 Å². The summed E-state index contributed by atoms with van der Waals surface area (Å²) in [7, 11) is 0. The highest BCUT2D eigenvalue weighted by molar-refractivity contribution is 5.93. The standard InChI is InChI=1S/C9H13N3O6/c10-9(17)4-6(15)3(11-12-4)8-7(16)5(14)2(1-13)18-8/h2,5,7-8,13-16H,1H2,(H2,10,17)(H,11,12)/t2-,5-,7-,8-/m0/s1. The van der Waals surface area contributed by atoms with Gasteiger partial charge >= 0.3 is 0 Å². The van der Waals surface area contributed by atoms with E-state index in [1.165, 1.54) is 0 Å². The van der Waals surface area contributed by atoms with Crippen LogP contribution in [0.15, 0.2) is 0 Å². The number of nitrogens with zero attached hydrogens (tertiary/aromatic N) is 1. The number of ether oxygens (including phenoxy) is 1. The van der Waals surface area contributed by atoms with Gasteiger partial charge in [-0.25, -0.2) is 0 Å². The molecule has 1 amide bonds. The van der Waals surface area contributed by atoms with Gasteiger partial charge in [0.25, 0.3) is 5.91 Å². The Kier molecular flexibility index (Phi) is 3.22. The molecule has 1 aromatic rings. The van der Waals surface area contributed by atoms with Crippen molar-refractivity contribution in [2.75, 3.05) is 6.61 Å². The number of hydrogen-bond acceptors (Lipinski definition) is 7. The number of nitrogens with one attached hydrogen (secondary N) is 1. The van der Waals surface area contributed by atoms with E-state index >= 15 is 0 Å². The molecule has 0 unspecified atom stereocenters. The quantitative estimate of drug-likeness (QED) is 0.346. The molecule has 0 radical (unpaired) electrons. The van der Waals surface area contributed by atoms with Crippen molar-refractivity contribution in [2.45, 2.75) is 24.4 Å². The van der Waals surface area contributed by atoms with Crippen LogP contribution in [0.5, 0.6) is 5.75 Å². The van der Waals surface area contributed by atoms with E-state index in [0.29, 0.717) is 0 Å². The molecule has 1 aliphatic rings. The van der Waals surface area contributed by atoms with Crippen molar-refractivity contribution in [1.29, 1.82) is 0 Å². The van der Waals surface area contributed by atoms with Crippen LogP contribution in [0.4, 0.5) is 0 Å². The molecule has 9 nitrogen and oxygen atoms in total. The van der Waals surface area contributed by atoms with Crippen LogP contribution in [0.1, 0.15) is 22.3 Å². The SMILES string of the molecule is NC(=O)c1[nH]nc([C@@H]2O[C@@H](CO)[C@H](O)[C@@H]2O)c1O. The fraction of sp³-hybridized carbons (Fsp3) is 0.556. The maximum Gasteiger partial charge on any atom is 0.270 e. The number of aromatic hydroxyl groups is 1. The van der Waals surface area contributed by atoms with Crippen LogP contribution in [0.2, 0.25) is 0 Å². The Morgan fingerprint density at radius 3 is 2.56 bits per heavy atom. The number of primary amides is 1. The average Bonchev–Trinajstić information content (AvgIpc) is 2.82. The summed E-state index contributed by atoms with van der Waals surface area (Å²) in [5.41, 5.74) is 4.52. The number of aromatic amines is 1. The minimum atomic E-state index is -1.38. The van der Waals surface area contributed by atoms with Gasteiger partial charge in [0.2, 0.25) is 0 Å². The van der Waals surface area contributed by atoms with Gasteiger partial charge < -0.3 is 30.9 Å². The number of rotatable bonds is 3. The monoisotopic (exact) mass is 259 g/mol. The van der Waals surface area contributed by atoms with Gasteiger partial charge in [0.15, 0.2) is 11.4 Å². The van der Waals surface area contributed by atoms with E-state index in [2.05, 4.69) is 10.2 Å². The minimum Gasteiger partial charge on any atom is -0.504 e. The number of carbonyl (C=O) groups excluding carboxylic acids is 1. The van der Waals surface area contributed by atoms with E-state index in [9.17, 15) is 20.1 Å². The first-order valence-corrected chi connectivity index (χ1v) is 5.16. The Balaban J connectivity index is 2.30. The molecule has 4 atom stereocenters. The number of H-pyrrole nitrogens is 1. The van der Waals surface area contributed by atoms with Crippen molar-refractivity contribution in [3.8, 4) is 5.75 Å². The van der Waals surface area contributed by atoms with Crippen LogP contribution < -0.4 is 5.73 Å². The number of amides is 1. The summed E-state index contributed by atoms with van der Waals surface area (Å²) in [4.78, 5) is 10.9. The first kappa shape index (κ1) is 12.8. The minimum absolute atomic E-state index is 0.147. The first-order chi connectivity index (χ1) is 8.47. The third-order valence-electron chi connectivity index (χ3n) is 2.83. The van der Waals surface area contributed by atoms with Gasteiger partial charge in [-0.2, -0.15) is 5.10 Å². The summed E-state index contributed by atoms with van der Waals surface area (Å²) in [5, 5.41) is 43.7. The highest BCUT2D eigenvalue weighted by Gasteiger charge is 2.45. The topological polar surface area (TPSA) is 162 Å². The van der Waals surface area contributed by atoms with E-state index in [-0.39, 0.29) is 11.4 Å². The molecule has 100 valence electrons. The van der Waals surface area contributed by atoms with E-state index < -0.39 is 42.7 Å². The van der Waals surface area contributed by atoms with Gasteiger partial charge in [-0.05, 0) is 0 Å². The molecule has 0 bridgehead atoms. The third kappa shape index (κ3) is 1.82. The molecule has 2 rings (SSSR count). The molecule has 0 spiro atoms. The lowest BCUT2D eigenvalue weighted by Gasteiger charge is -2.12. The number of aliphatic hydroxyl groups is 3. The van der Waals surface area contributed by atoms with Crippen LogP contribution in [0.3, 0.4) is 0 Å². The smallest absolute Gasteiger partial charge is 0.270 e. The Hall–Kier alpha value is -1.68. The number of hydrogen-bond donors (Lipinski definition) is 6. The van der Waals surface area contributed by atoms with Crippen LogP contribution >= 0.6 is 0 Å². The van der Waals surface area contributed by atoms with E-state index in [1.54, 1.807) is 0 Å². The molecule has 9 heteroatoms. The maximum absolute atomic E-state index is 10.9. The summed E-state index contributed by atoms with van der Waals surface area (Å²) in [5.74, 6) is -1.46. The van der Waals surface area contributed by atoms with Crippen molar-refractivity contribution in [3.63, 3.8) is 0 Å². The second kappa shape index (κ2) is 4.53. The molecule has 1 saturated heterocycles. The van der Waals surface area contributed by atoms with Gasteiger partial charge in [0.1, 0.15) is 30.1 Å². The van der Waals surface area contributed by atoms with Gasteiger partial charge in [0.05, 0.1) is 6.61 Å². The Bertz CT molecular complexity index is 461. The molecular weight excluding hydrogens is 246 g/mol. The lowest BCUT2D eigenvalue weighted by atomic mass is 10.1. The lowest BCUT2D eigenvalue weighted by molar-refractivity contribution is -0.0245. The van der Waals surface area contributed by atoms with Crippen LogP contribution in [0.25, 0.3) is 0 Å². The third-order valence-corrected chi connectivity index (χ3v) is 2.83. The molecule has 2 heterocycles. The molecule has 0 saturated carbocycles. The number of nitrogens with two attached hydrogens (primary N) is 1. The molecule has 1 aliphatic heterocycles. The molecule has 0 aromatic carbocycles. The molecule has 1 aromatic heterocycles. The predicted octanol–water partition coefficient (Wildman–Crippen LogP) is -2.63. The average molecular weight is 259 g/mol. The molecular formula is C9H13N3O6.